The van der Waals surface area contributed by atoms with Gasteiger partial charge in [-0.15, -0.1) is 16.8 Å². The van der Waals surface area contributed by atoms with Crippen molar-refractivity contribution >= 4 is 23.6 Å². The highest BCUT2D eigenvalue weighted by Gasteiger charge is 2.34. The summed E-state index contributed by atoms with van der Waals surface area (Å²) in [6, 6.07) is 16.9. The fraction of sp³-hybridized carbons (Fsp3) is 0.182. The Morgan fingerprint density at radius 2 is 1.59 bits per heavy atom. The minimum atomic E-state index is -0.211. The predicted octanol–water partition coefficient (Wildman–Crippen LogP) is 3.91. The molecule has 1 aromatic heterocycles. The van der Waals surface area contributed by atoms with Gasteiger partial charge in [0, 0.05) is 24.4 Å². The number of amides is 2. The standard InChI is InChI=1S/C22H20N4O2S/c1-2-13-25-19(16-9-4-3-5-10-16)23-24-22(25)29-15-8-14-26-20(27)17-11-6-7-12-18(17)21(26)28/h2-7,9-12H,1,8,13-15H2. The van der Waals surface area contributed by atoms with Crippen molar-refractivity contribution in [3.63, 3.8) is 0 Å². The lowest BCUT2D eigenvalue weighted by Crippen LogP contribution is -2.31. The van der Waals surface area contributed by atoms with Crippen LogP contribution in [0.2, 0.25) is 0 Å². The summed E-state index contributed by atoms with van der Waals surface area (Å²) in [6.45, 7) is 4.83. The summed E-state index contributed by atoms with van der Waals surface area (Å²) in [4.78, 5) is 26.2. The lowest BCUT2D eigenvalue weighted by Gasteiger charge is -2.13. The third kappa shape index (κ3) is 3.73. The van der Waals surface area contributed by atoms with Crippen molar-refractivity contribution in [2.75, 3.05) is 12.3 Å². The Labute approximate surface area is 173 Å². The number of imide groups is 1. The number of hydrogen-bond donors (Lipinski definition) is 0. The van der Waals surface area contributed by atoms with Crippen molar-refractivity contribution in [2.45, 2.75) is 18.1 Å². The summed E-state index contributed by atoms with van der Waals surface area (Å²) in [5.74, 6) is 1.10. The average molecular weight is 404 g/mol. The Balaban J connectivity index is 1.39. The van der Waals surface area contributed by atoms with Gasteiger partial charge < -0.3 is 0 Å². The van der Waals surface area contributed by atoms with Crippen LogP contribution in [-0.2, 0) is 6.54 Å². The Morgan fingerprint density at radius 3 is 2.24 bits per heavy atom. The van der Waals surface area contributed by atoms with Gasteiger partial charge in [-0.2, -0.15) is 0 Å². The predicted molar refractivity (Wildman–Crippen MR) is 113 cm³/mol. The molecule has 0 fully saturated rings. The maximum absolute atomic E-state index is 12.4. The van der Waals surface area contributed by atoms with Crippen LogP contribution in [0.5, 0.6) is 0 Å². The van der Waals surface area contributed by atoms with Gasteiger partial charge in [-0.3, -0.25) is 19.1 Å². The molecule has 7 heteroatoms. The number of aromatic nitrogens is 3. The molecule has 2 aromatic carbocycles. The Hall–Kier alpha value is -3.19. The van der Waals surface area contributed by atoms with E-state index in [2.05, 4.69) is 16.8 Å². The van der Waals surface area contributed by atoms with Gasteiger partial charge in [0.05, 0.1) is 11.1 Å². The molecule has 0 saturated heterocycles. The smallest absolute Gasteiger partial charge is 0.261 e. The van der Waals surface area contributed by atoms with Gasteiger partial charge in [0.1, 0.15) is 0 Å². The highest BCUT2D eigenvalue weighted by molar-refractivity contribution is 7.99. The molecule has 0 saturated carbocycles. The number of hydrogen-bond acceptors (Lipinski definition) is 5. The molecule has 2 amide bonds. The number of carbonyl (C=O) groups excluding carboxylic acids is 2. The third-order valence-electron chi connectivity index (χ3n) is 4.70. The summed E-state index contributed by atoms with van der Waals surface area (Å²) in [5, 5.41) is 9.46. The third-order valence-corrected chi connectivity index (χ3v) is 5.75. The van der Waals surface area contributed by atoms with E-state index in [-0.39, 0.29) is 11.8 Å². The fourth-order valence-corrected chi connectivity index (χ4v) is 4.19. The van der Waals surface area contributed by atoms with Crippen LogP contribution in [0.15, 0.2) is 72.4 Å². The van der Waals surface area contributed by atoms with E-state index in [0.717, 1.165) is 22.3 Å². The second-order valence-electron chi connectivity index (χ2n) is 6.58. The molecule has 2 heterocycles. The Morgan fingerprint density at radius 1 is 0.931 bits per heavy atom. The van der Waals surface area contributed by atoms with E-state index in [9.17, 15) is 9.59 Å². The number of allylic oxidation sites excluding steroid dienone is 1. The van der Waals surface area contributed by atoms with Crippen molar-refractivity contribution in [3.8, 4) is 11.4 Å². The minimum Gasteiger partial charge on any atom is -0.298 e. The SMILES string of the molecule is C=CCn1c(SCCCN2C(=O)c3ccccc3C2=O)nnc1-c1ccccc1. The van der Waals surface area contributed by atoms with E-state index in [1.54, 1.807) is 36.0 Å². The van der Waals surface area contributed by atoms with Crippen LogP contribution >= 0.6 is 11.8 Å². The highest BCUT2D eigenvalue weighted by Crippen LogP contribution is 2.26. The zero-order valence-electron chi connectivity index (χ0n) is 15.8. The lowest BCUT2D eigenvalue weighted by atomic mass is 10.1. The summed E-state index contributed by atoms with van der Waals surface area (Å²) in [7, 11) is 0. The van der Waals surface area contributed by atoms with Gasteiger partial charge in [0.25, 0.3) is 11.8 Å². The molecule has 146 valence electrons. The molecule has 0 unspecified atom stereocenters. The molecular formula is C22H20N4O2S. The van der Waals surface area contributed by atoms with Crippen LogP contribution < -0.4 is 0 Å². The monoisotopic (exact) mass is 404 g/mol. The van der Waals surface area contributed by atoms with Crippen molar-refractivity contribution in [3.05, 3.63) is 78.4 Å². The maximum Gasteiger partial charge on any atom is 0.261 e. The molecule has 0 spiro atoms. The highest BCUT2D eigenvalue weighted by atomic mass is 32.2. The normalized spacial score (nSPS) is 13.0. The fourth-order valence-electron chi connectivity index (χ4n) is 3.32. The van der Waals surface area contributed by atoms with Crippen LogP contribution in [0.25, 0.3) is 11.4 Å². The van der Waals surface area contributed by atoms with Gasteiger partial charge in [-0.25, -0.2) is 0 Å². The van der Waals surface area contributed by atoms with E-state index in [0.29, 0.717) is 30.6 Å². The van der Waals surface area contributed by atoms with Crippen molar-refractivity contribution in [1.82, 2.24) is 19.7 Å². The van der Waals surface area contributed by atoms with Gasteiger partial charge in [-0.05, 0) is 18.6 Å². The number of rotatable bonds is 8. The van der Waals surface area contributed by atoms with E-state index >= 15 is 0 Å². The maximum atomic E-state index is 12.4. The topological polar surface area (TPSA) is 68.1 Å². The van der Waals surface area contributed by atoms with Crippen LogP contribution in [0, 0.1) is 0 Å². The molecule has 6 nitrogen and oxygen atoms in total. The van der Waals surface area contributed by atoms with Gasteiger partial charge in [-0.1, -0.05) is 60.3 Å². The molecule has 0 radical (unpaired) electrons. The summed E-state index contributed by atoms with van der Waals surface area (Å²) < 4.78 is 2.02. The molecular weight excluding hydrogens is 384 g/mol. The molecule has 0 atom stereocenters. The van der Waals surface area contributed by atoms with Gasteiger partial charge >= 0.3 is 0 Å². The number of thioether (sulfide) groups is 1. The molecule has 1 aliphatic heterocycles. The van der Waals surface area contributed by atoms with Crippen LogP contribution in [-0.4, -0.2) is 43.8 Å². The average Bonchev–Trinajstić information content (AvgIpc) is 3.26. The second kappa shape index (κ2) is 8.45. The second-order valence-corrected chi connectivity index (χ2v) is 7.64. The molecule has 0 N–H and O–H groups in total. The van der Waals surface area contributed by atoms with Crippen LogP contribution in [0.1, 0.15) is 27.1 Å². The number of benzene rings is 2. The lowest BCUT2D eigenvalue weighted by molar-refractivity contribution is 0.0655. The first-order valence-electron chi connectivity index (χ1n) is 9.38. The minimum absolute atomic E-state index is 0.211. The van der Waals surface area contributed by atoms with Crippen LogP contribution in [0.4, 0.5) is 0 Å². The zero-order valence-corrected chi connectivity index (χ0v) is 16.6. The van der Waals surface area contributed by atoms with Crippen molar-refractivity contribution < 1.29 is 9.59 Å². The van der Waals surface area contributed by atoms with E-state index in [1.165, 1.54) is 4.90 Å². The van der Waals surface area contributed by atoms with E-state index < -0.39 is 0 Å². The largest absolute Gasteiger partial charge is 0.298 e. The summed E-state index contributed by atoms with van der Waals surface area (Å²) in [6.07, 6.45) is 2.50. The molecule has 3 aromatic rings. The molecule has 29 heavy (non-hydrogen) atoms. The number of nitrogens with zero attached hydrogens (tertiary/aromatic N) is 4. The Bertz CT molecular complexity index is 1030. The Kier molecular flexibility index (Phi) is 5.57. The van der Waals surface area contributed by atoms with Gasteiger partial charge in [0.2, 0.25) is 0 Å². The van der Waals surface area contributed by atoms with E-state index in [1.807, 2.05) is 41.0 Å². The first-order valence-corrected chi connectivity index (χ1v) is 10.4. The first-order chi connectivity index (χ1) is 14.2. The molecule has 0 bridgehead atoms. The summed E-state index contributed by atoms with van der Waals surface area (Å²) in [5.41, 5.74) is 1.98. The van der Waals surface area contributed by atoms with Crippen LogP contribution in [0.3, 0.4) is 0 Å². The molecule has 4 rings (SSSR count). The number of fused-ring (bicyclic) bond motifs is 1. The molecule has 0 aliphatic carbocycles. The first kappa shape index (κ1) is 19.1. The summed E-state index contributed by atoms with van der Waals surface area (Å²) >= 11 is 1.56. The van der Waals surface area contributed by atoms with Crippen molar-refractivity contribution in [1.29, 1.82) is 0 Å². The van der Waals surface area contributed by atoms with Gasteiger partial charge in [0.15, 0.2) is 11.0 Å². The quantitative estimate of drug-likeness (QED) is 0.246. The van der Waals surface area contributed by atoms with E-state index in [4.69, 9.17) is 0 Å². The molecule has 1 aliphatic rings. The zero-order chi connectivity index (χ0) is 20.2. The van der Waals surface area contributed by atoms with Crippen molar-refractivity contribution in [2.24, 2.45) is 0 Å². The number of carbonyl (C=O) groups is 2.